The summed E-state index contributed by atoms with van der Waals surface area (Å²) in [6, 6.07) is 11.7. The molecule has 3 rings (SSSR count). The normalized spacial score (nSPS) is 12.9. The molecule has 0 bridgehead atoms. The van der Waals surface area contributed by atoms with E-state index >= 15 is 0 Å². The van der Waals surface area contributed by atoms with Crippen molar-refractivity contribution in [2.75, 3.05) is 3.71 Å². The van der Waals surface area contributed by atoms with E-state index in [-0.39, 0.29) is 3.71 Å². The second-order valence-corrected chi connectivity index (χ2v) is 16.6. The molecule has 0 atom stereocenters. The zero-order valence-electron chi connectivity index (χ0n) is 18.9. The van der Waals surface area contributed by atoms with Gasteiger partial charge in [0.2, 0.25) is 0 Å². The SMILES string of the molecule is Cc1ccc(S(=O)(=O)N(c2cc(S(=O)(=O)Cl)c(C)c(S(=O)(=O)Cl)c2)S(=O)(=O)c2ccc(C)cc2)cc1. The van der Waals surface area contributed by atoms with E-state index < -0.39 is 69.0 Å². The van der Waals surface area contributed by atoms with Crippen LogP contribution in [0.5, 0.6) is 0 Å². The van der Waals surface area contributed by atoms with E-state index in [9.17, 15) is 33.7 Å². The maximum atomic E-state index is 13.7. The van der Waals surface area contributed by atoms with Crippen molar-refractivity contribution in [1.82, 2.24) is 0 Å². The lowest BCUT2D eigenvalue weighted by atomic mass is 10.2. The Balaban J connectivity index is 2.50. The number of hydrogen-bond acceptors (Lipinski definition) is 8. The van der Waals surface area contributed by atoms with E-state index in [2.05, 4.69) is 0 Å². The second kappa shape index (κ2) is 9.62. The number of hydrogen-bond donors (Lipinski definition) is 0. The third-order valence-electron chi connectivity index (χ3n) is 5.11. The van der Waals surface area contributed by atoms with Gasteiger partial charge in [0.25, 0.3) is 38.1 Å². The zero-order chi connectivity index (χ0) is 27.3. The lowest BCUT2D eigenvalue weighted by Gasteiger charge is -2.25. The van der Waals surface area contributed by atoms with Gasteiger partial charge in [-0.05, 0) is 62.7 Å². The Morgan fingerprint density at radius 3 is 1.14 bits per heavy atom. The Bertz CT molecular complexity index is 1640. The van der Waals surface area contributed by atoms with Crippen molar-refractivity contribution in [1.29, 1.82) is 0 Å². The number of aryl methyl sites for hydroxylation is 2. The van der Waals surface area contributed by atoms with Gasteiger partial charge in [-0.15, -0.1) is 0 Å². The van der Waals surface area contributed by atoms with Gasteiger partial charge in [-0.25, -0.2) is 33.7 Å². The van der Waals surface area contributed by atoms with Crippen LogP contribution in [-0.2, 0) is 38.1 Å². The Hall–Kier alpha value is -2.16. The molecule has 0 aromatic heterocycles. The van der Waals surface area contributed by atoms with Crippen LogP contribution in [0.1, 0.15) is 16.7 Å². The molecule has 0 heterocycles. The molecule has 36 heavy (non-hydrogen) atoms. The summed E-state index contributed by atoms with van der Waals surface area (Å²) in [7, 11) is -8.30. The lowest BCUT2D eigenvalue weighted by molar-refractivity contribution is 0.583. The summed E-state index contributed by atoms with van der Waals surface area (Å²) in [6.45, 7) is 4.46. The van der Waals surface area contributed by atoms with Gasteiger partial charge >= 0.3 is 0 Å². The number of nitrogens with zero attached hydrogens (tertiary/aromatic N) is 1. The minimum Gasteiger partial charge on any atom is -0.207 e. The smallest absolute Gasteiger partial charge is 0.207 e. The van der Waals surface area contributed by atoms with Crippen LogP contribution in [0.2, 0.25) is 0 Å². The average Bonchev–Trinajstić information content (AvgIpc) is 2.73. The molecule has 0 aliphatic carbocycles. The first-order chi connectivity index (χ1) is 16.4. The van der Waals surface area contributed by atoms with Crippen molar-refractivity contribution < 1.29 is 33.7 Å². The van der Waals surface area contributed by atoms with Crippen LogP contribution in [0.25, 0.3) is 0 Å². The molecule has 0 unspecified atom stereocenters. The van der Waals surface area contributed by atoms with Gasteiger partial charge in [-0.3, -0.25) is 0 Å². The topological polar surface area (TPSA) is 140 Å². The highest BCUT2D eigenvalue weighted by atomic mass is 35.7. The molecule has 0 saturated heterocycles. The van der Waals surface area contributed by atoms with E-state index in [4.69, 9.17) is 21.4 Å². The summed E-state index contributed by atoms with van der Waals surface area (Å²) in [5.74, 6) is 0. The number of rotatable bonds is 7. The van der Waals surface area contributed by atoms with Crippen molar-refractivity contribution in [3.8, 4) is 0 Å². The number of sulfonamides is 2. The van der Waals surface area contributed by atoms with Gasteiger partial charge < -0.3 is 0 Å². The molecule has 3 aromatic rings. The molecule has 0 amide bonds. The third-order valence-corrected chi connectivity index (χ3v) is 12.2. The number of anilines is 1. The first kappa shape index (κ1) is 28.4. The van der Waals surface area contributed by atoms with Crippen molar-refractivity contribution in [3.63, 3.8) is 0 Å². The van der Waals surface area contributed by atoms with Crippen molar-refractivity contribution in [3.05, 3.63) is 77.4 Å². The van der Waals surface area contributed by atoms with Crippen molar-refractivity contribution >= 4 is 65.2 Å². The van der Waals surface area contributed by atoms with E-state index in [1.165, 1.54) is 24.3 Å². The molecule has 15 heteroatoms. The molecule has 3 aromatic carbocycles. The predicted octanol–water partition coefficient (Wildman–Crippen LogP) is 4.05. The maximum Gasteiger partial charge on any atom is 0.277 e. The standard InChI is InChI=1S/C21H19Cl2NO8S4/c1-14-4-8-18(9-5-14)35(29,30)24(36(31,32)19-10-6-15(2)7-11-19)17-12-20(33(22,25)26)16(3)21(13-17)34(23,27)28/h4-13H,1-3H3. The minimum atomic E-state index is -4.95. The molecule has 0 spiro atoms. The van der Waals surface area contributed by atoms with Crippen LogP contribution in [0.15, 0.2) is 80.2 Å². The van der Waals surface area contributed by atoms with E-state index in [1.807, 2.05) is 0 Å². The summed E-state index contributed by atoms with van der Waals surface area (Å²) in [5.41, 5.74) is 0.135. The molecule has 194 valence electrons. The molecule has 0 aliphatic rings. The van der Waals surface area contributed by atoms with Crippen LogP contribution >= 0.6 is 21.4 Å². The highest BCUT2D eigenvalue weighted by molar-refractivity contribution is 8.14. The van der Waals surface area contributed by atoms with Crippen LogP contribution in [0.3, 0.4) is 0 Å². The molecule has 0 saturated carbocycles. The zero-order valence-corrected chi connectivity index (χ0v) is 23.7. The van der Waals surface area contributed by atoms with Crippen LogP contribution in [0, 0.1) is 20.8 Å². The van der Waals surface area contributed by atoms with Crippen LogP contribution < -0.4 is 3.71 Å². The molecular weight excluding hydrogens is 593 g/mol. The molecule has 0 radical (unpaired) electrons. The fourth-order valence-electron chi connectivity index (χ4n) is 3.28. The third kappa shape index (κ3) is 5.55. The number of halogens is 2. The van der Waals surface area contributed by atoms with Crippen molar-refractivity contribution in [2.45, 2.75) is 40.4 Å². The fraction of sp³-hybridized carbons (Fsp3) is 0.143. The first-order valence-corrected chi connectivity index (χ1v) is 17.3. The first-order valence-electron chi connectivity index (χ1n) is 9.84. The molecule has 0 aliphatic heterocycles. The van der Waals surface area contributed by atoms with E-state index in [0.29, 0.717) is 23.3 Å². The highest BCUT2D eigenvalue weighted by Gasteiger charge is 2.39. The summed E-state index contributed by atoms with van der Waals surface area (Å²) in [6.07, 6.45) is 0. The molecule has 9 nitrogen and oxygen atoms in total. The molecule has 0 N–H and O–H groups in total. The lowest BCUT2D eigenvalue weighted by Crippen LogP contribution is -2.37. The van der Waals surface area contributed by atoms with Gasteiger partial charge in [-0.2, -0.15) is 3.71 Å². The summed E-state index contributed by atoms with van der Waals surface area (Å²) in [5, 5.41) is 0. The molecule has 0 fully saturated rings. The predicted molar refractivity (Wildman–Crippen MR) is 136 cm³/mol. The van der Waals surface area contributed by atoms with Crippen molar-refractivity contribution in [2.24, 2.45) is 0 Å². The summed E-state index contributed by atoms with van der Waals surface area (Å²) in [4.78, 5) is -2.56. The Kier molecular flexibility index (Phi) is 7.59. The van der Waals surface area contributed by atoms with E-state index in [0.717, 1.165) is 31.2 Å². The number of benzene rings is 3. The Morgan fingerprint density at radius 2 is 0.861 bits per heavy atom. The van der Waals surface area contributed by atoms with Crippen LogP contribution in [-0.4, -0.2) is 33.7 Å². The quantitative estimate of drug-likeness (QED) is 0.364. The van der Waals surface area contributed by atoms with Gasteiger partial charge in [0, 0.05) is 21.4 Å². The second-order valence-electron chi connectivity index (χ2n) is 7.78. The van der Waals surface area contributed by atoms with Gasteiger partial charge in [0.1, 0.15) is 0 Å². The monoisotopic (exact) mass is 611 g/mol. The Labute approximate surface area is 219 Å². The Morgan fingerprint density at radius 1 is 0.556 bits per heavy atom. The minimum absolute atomic E-state index is 0.0358. The highest BCUT2D eigenvalue weighted by Crippen LogP contribution is 2.38. The average molecular weight is 613 g/mol. The van der Waals surface area contributed by atoms with Gasteiger partial charge in [0.05, 0.1) is 25.3 Å². The van der Waals surface area contributed by atoms with E-state index in [1.54, 1.807) is 13.8 Å². The van der Waals surface area contributed by atoms with Gasteiger partial charge in [-0.1, -0.05) is 35.4 Å². The fourth-order valence-corrected chi connectivity index (χ4v) is 9.44. The molecular formula is C21H19Cl2NO8S4. The largest absolute Gasteiger partial charge is 0.277 e. The van der Waals surface area contributed by atoms with Gasteiger partial charge in [0.15, 0.2) is 0 Å². The summed E-state index contributed by atoms with van der Waals surface area (Å²) < 4.78 is 104. The summed E-state index contributed by atoms with van der Waals surface area (Å²) >= 11 is 0. The maximum absolute atomic E-state index is 13.7. The van der Waals surface area contributed by atoms with Crippen LogP contribution in [0.4, 0.5) is 5.69 Å².